The summed E-state index contributed by atoms with van der Waals surface area (Å²) in [4.78, 5) is 18.1. The fourth-order valence-electron chi connectivity index (χ4n) is 0. The molecule has 0 amide bonds. The molecule has 0 spiro atoms. The summed E-state index contributed by atoms with van der Waals surface area (Å²) in [5.74, 6) is 0. The SMILES string of the molecule is O=C([O-])[Si](=O)[O-].[Mg+2]. The second-order valence-corrected chi connectivity index (χ2v) is 1.56. The van der Waals surface area contributed by atoms with Crippen molar-refractivity contribution >= 4 is 37.6 Å². The average Bonchev–Trinajstić information content (AvgIpc) is 1.36. The zero-order valence-electron chi connectivity index (χ0n) is 3.34. The average molecular weight is 128 g/mol. The molecule has 0 aliphatic heterocycles. The third-order valence-electron chi connectivity index (χ3n) is 0.167. The topological polar surface area (TPSA) is 80.3 Å². The molecule has 0 bridgehead atoms. The molecule has 0 heterocycles. The first kappa shape index (κ1) is 10.1. The van der Waals surface area contributed by atoms with E-state index in [-0.39, 0.29) is 23.1 Å². The fraction of sp³-hybridized carbons (Fsp3) is 0. The van der Waals surface area contributed by atoms with Crippen LogP contribution in [0.15, 0.2) is 0 Å². The molecule has 0 N–H and O–H groups in total. The van der Waals surface area contributed by atoms with Crippen LogP contribution in [0.5, 0.6) is 0 Å². The van der Waals surface area contributed by atoms with Gasteiger partial charge in [-0.2, -0.15) is 0 Å². The maximum atomic E-state index is 9.11. The smallest absolute Gasteiger partial charge is 0.580 e. The van der Waals surface area contributed by atoms with E-state index < -0.39 is 14.5 Å². The number of carbonyl (C=O) groups excluding carboxylic acids is 1. The minimum Gasteiger partial charge on any atom is -0.580 e. The maximum absolute atomic E-state index is 9.11. The van der Waals surface area contributed by atoms with Crippen molar-refractivity contribution in [2.75, 3.05) is 0 Å². The largest absolute Gasteiger partial charge is 2.00 e. The van der Waals surface area contributed by atoms with Gasteiger partial charge in [0.15, 0.2) is 8.93 Å². The Morgan fingerprint density at radius 1 is 1.57 bits per heavy atom. The predicted octanol–water partition coefficient (Wildman–Crippen LogP) is -3.19. The first-order chi connectivity index (χ1) is 2.64. The van der Waals surface area contributed by atoms with E-state index in [4.69, 9.17) is 19.2 Å². The van der Waals surface area contributed by atoms with E-state index in [1.54, 1.807) is 0 Å². The molecule has 0 radical (unpaired) electrons. The second-order valence-electron chi connectivity index (χ2n) is 0.575. The quantitative estimate of drug-likeness (QED) is 0.349. The monoisotopic (exact) mass is 128 g/mol. The Kier molecular flexibility index (Phi) is 6.10. The summed E-state index contributed by atoms with van der Waals surface area (Å²) < 4.78 is 9.11. The van der Waals surface area contributed by atoms with E-state index in [1.165, 1.54) is 0 Å². The minimum absolute atomic E-state index is 0. The third kappa shape index (κ3) is 6.05. The Morgan fingerprint density at radius 2 is 1.71 bits per heavy atom. The third-order valence-corrected chi connectivity index (χ3v) is 0.500. The van der Waals surface area contributed by atoms with Gasteiger partial charge in [0.2, 0.25) is 0 Å². The van der Waals surface area contributed by atoms with Gasteiger partial charge in [-0.1, -0.05) is 0 Å². The normalized spacial score (nSPS) is 6.29. The van der Waals surface area contributed by atoms with Crippen LogP contribution in [0, 0.1) is 0 Å². The molecule has 4 nitrogen and oxygen atoms in total. The van der Waals surface area contributed by atoms with E-state index in [9.17, 15) is 0 Å². The van der Waals surface area contributed by atoms with Crippen LogP contribution in [0.3, 0.4) is 0 Å². The van der Waals surface area contributed by atoms with Crippen LogP contribution in [0.2, 0.25) is 0 Å². The van der Waals surface area contributed by atoms with Crippen molar-refractivity contribution in [3.63, 3.8) is 0 Å². The van der Waals surface area contributed by atoms with Crippen LogP contribution >= 0.6 is 0 Å². The Balaban J connectivity index is 0. The number of rotatable bonds is 1. The van der Waals surface area contributed by atoms with Crippen molar-refractivity contribution in [1.29, 1.82) is 0 Å². The first-order valence-electron chi connectivity index (χ1n) is 1.07. The number of carboxylic acid groups (broad SMARTS) is 1. The van der Waals surface area contributed by atoms with Crippen molar-refractivity contribution in [3.05, 3.63) is 0 Å². The van der Waals surface area contributed by atoms with Crippen molar-refractivity contribution in [3.8, 4) is 0 Å². The molecule has 0 fully saturated rings. The van der Waals surface area contributed by atoms with Crippen LogP contribution in [-0.4, -0.2) is 37.6 Å². The van der Waals surface area contributed by atoms with Gasteiger partial charge in [0.25, 0.3) is 0 Å². The van der Waals surface area contributed by atoms with Crippen LogP contribution in [0.25, 0.3) is 0 Å². The Bertz CT molecular complexity index is 77.7. The fourth-order valence-corrected chi connectivity index (χ4v) is 0. The minimum atomic E-state index is -3.65. The van der Waals surface area contributed by atoms with Gasteiger partial charge in [0, 0.05) is 0 Å². The first-order valence-corrected chi connectivity index (χ1v) is 2.38. The molecule has 0 saturated carbocycles. The van der Waals surface area contributed by atoms with E-state index >= 15 is 0 Å². The molecule has 0 unspecified atom stereocenters. The van der Waals surface area contributed by atoms with Crippen LogP contribution in [0.1, 0.15) is 0 Å². The molecule has 6 heteroatoms. The molecule has 7 heavy (non-hydrogen) atoms. The van der Waals surface area contributed by atoms with Gasteiger partial charge in [-0.25, -0.2) is 0 Å². The molecular weight excluding hydrogens is 128 g/mol. The standard InChI is InChI=1S/CHO4Si.Mg/c2-1(3)6(4)5;/h(H,2,3);/q-1;+2/p-1. The van der Waals surface area contributed by atoms with E-state index in [0.29, 0.717) is 0 Å². The Labute approximate surface area is 57.1 Å². The molecule has 34 valence electrons. The van der Waals surface area contributed by atoms with Crippen molar-refractivity contribution in [2.45, 2.75) is 0 Å². The molecule has 0 saturated heterocycles. The number of hydrogen-bond donors (Lipinski definition) is 0. The van der Waals surface area contributed by atoms with E-state index in [2.05, 4.69) is 0 Å². The molecule has 0 aromatic heterocycles. The summed E-state index contributed by atoms with van der Waals surface area (Å²) in [7, 11) is -3.65. The van der Waals surface area contributed by atoms with Gasteiger partial charge in [-0.05, 0) is 0 Å². The number of hydrogen-bond acceptors (Lipinski definition) is 4. The molecular formula is CMgO4Si. The second kappa shape index (κ2) is 4.22. The molecule has 0 aliphatic rings. The van der Waals surface area contributed by atoms with Crippen LogP contribution in [0.4, 0.5) is 4.79 Å². The zero-order chi connectivity index (χ0) is 5.15. The van der Waals surface area contributed by atoms with Gasteiger partial charge in [-0.15, -0.1) is 0 Å². The Hall–Kier alpha value is 0.0531. The molecule has 0 atom stereocenters. The summed E-state index contributed by atoms with van der Waals surface area (Å²) in [6, 6.07) is 0. The summed E-state index contributed by atoms with van der Waals surface area (Å²) in [5.41, 5.74) is -2.00. The molecule has 0 aliphatic carbocycles. The van der Waals surface area contributed by atoms with Crippen molar-refractivity contribution < 1.29 is 19.2 Å². The molecule has 0 rings (SSSR count). The van der Waals surface area contributed by atoms with Gasteiger partial charge in [-0.3, -0.25) is 0 Å². The number of carbonyl (C=O) groups is 1. The van der Waals surface area contributed by atoms with E-state index in [1.807, 2.05) is 0 Å². The van der Waals surface area contributed by atoms with Gasteiger partial charge in [0.05, 0.1) is 5.59 Å². The van der Waals surface area contributed by atoms with Crippen molar-refractivity contribution in [1.82, 2.24) is 0 Å². The summed E-state index contributed by atoms with van der Waals surface area (Å²) in [6.07, 6.45) is 0. The van der Waals surface area contributed by atoms with Crippen molar-refractivity contribution in [2.24, 2.45) is 0 Å². The van der Waals surface area contributed by atoms with Gasteiger partial charge in [0.1, 0.15) is 0 Å². The molecule has 0 aromatic rings. The predicted molar refractivity (Wildman–Crippen MR) is 17.6 cm³/mol. The summed E-state index contributed by atoms with van der Waals surface area (Å²) >= 11 is 0. The van der Waals surface area contributed by atoms with Crippen LogP contribution in [-0.2, 0) is 4.46 Å². The summed E-state index contributed by atoms with van der Waals surface area (Å²) in [6.45, 7) is 0. The summed E-state index contributed by atoms with van der Waals surface area (Å²) in [5, 5.41) is 9.01. The van der Waals surface area contributed by atoms with Crippen LogP contribution < -0.4 is 9.90 Å². The molecule has 0 aromatic carbocycles. The maximum Gasteiger partial charge on any atom is 2.00 e. The Morgan fingerprint density at radius 3 is 1.71 bits per heavy atom. The van der Waals surface area contributed by atoms with E-state index in [0.717, 1.165) is 0 Å². The van der Waals surface area contributed by atoms with Gasteiger partial charge < -0.3 is 19.2 Å². The van der Waals surface area contributed by atoms with Gasteiger partial charge >= 0.3 is 23.1 Å². The zero-order valence-corrected chi connectivity index (χ0v) is 5.75.